The van der Waals surface area contributed by atoms with Crippen molar-refractivity contribution in [2.24, 2.45) is 0 Å². The van der Waals surface area contributed by atoms with Crippen molar-refractivity contribution in [3.63, 3.8) is 0 Å². The lowest BCUT2D eigenvalue weighted by atomic mass is 9.92. The van der Waals surface area contributed by atoms with Crippen molar-refractivity contribution in [3.8, 4) is 11.5 Å². The predicted molar refractivity (Wildman–Crippen MR) is 104 cm³/mol. The van der Waals surface area contributed by atoms with Gasteiger partial charge in [0.25, 0.3) is 0 Å². The number of carbonyl (C=O) groups is 2. The average molecular weight is 393 g/mol. The van der Waals surface area contributed by atoms with Gasteiger partial charge in [-0.3, -0.25) is 9.59 Å². The third kappa shape index (κ3) is 3.74. The highest BCUT2D eigenvalue weighted by atomic mass is 19.1. The number of amides is 1. The van der Waals surface area contributed by atoms with E-state index in [0.717, 1.165) is 23.3 Å². The second kappa shape index (κ2) is 7.47. The van der Waals surface area contributed by atoms with Crippen molar-refractivity contribution in [1.82, 2.24) is 0 Å². The summed E-state index contributed by atoms with van der Waals surface area (Å²) < 4.78 is 32.8. The number of hydrogen-bond acceptors (Lipinski definition) is 3. The molecule has 1 aliphatic rings. The van der Waals surface area contributed by atoms with Crippen molar-refractivity contribution < 1.29 is 23.1 Å². The van der Waals surface area contributed by atoms with E-state index in [1.165, 1.54) is 13.0 Å². The zero-order valence-corrected chi connectivity index (χ0v) is 15.5. The topological polar surface area (TPSA) is 55.4 Å². The van der Waals surface area contributed by atoms with E-state index in [1.54, 1.807) is 6.07 Å². The fourth-order valence-electron chi connectivity index (χ4n) is 3.56. The second-order valence-electron chi connectivity index (χ2n) is 6.88. The molecular weight excluding hydrogens is 376 g/mol. The Morgan fingerprint density at radius 2 is 1.79 bits per heavy atom. The molecule has 0 spiro atoms. The Kier molecular flexibility index (Phi) is 4.84. The van der Waals surface area contributed by atoms with Gasteiger partial charge in [0, 0.05) is 30.9 Å². The number of anilines is 1. The third-order valence-corrected chi connectivity index (χ3v) is 4.84. The van der Waals surface area contributed by atoms with Gasteiger partial charge in [0.2, 0.25) is 5.91 Å². The molecule has 1 aliphatic carbocycles. The van der Waals surface area contributed by atoms with Gasteiger partial charge in [0.05, 0.1) is 5.69 Å². The number of fused-ring (bicyclic) bond motifs is 1. The number of ether oxygens (including phenoxy) is 1. The van der Waals surface area contributed by atoms with E-state index in [2.05, 4.69) is 5.32 Å². The smallest absolute Gasteiger partial charge is 0.221 e. The number of Topliss-reactive ketones (excluding diaryl/α,β-unsaturated/α-hetero) is 1. The summed E-state index contributed by atoms with van der Waals surface area (Å²) in [6.45, 7) is 1.34. The molecule has 1 N–H and O–H groups in total. The van der Waals surface area contributed by atoms with Crippen molar-refractivity contribution in [1.29, 1.82) is 0 Å². The van der Waals surface area contributed by atoms with E-state index in [1.807, 2.05) is 30.3 Å². The van der Waals surface area contributed by atoms with Crippen molar-refractivity contribution in [2.75, 3.05) is 5.32 Å². The van der Waals surface area contributed by atoms with Crippen LogP contribution in [0.25, 0.3) is 0 Å². The molecule has 0 aromatic heterocycles. The normalized spacial score (nSPS) is 15.1. The SMILES string of the molecule is CC(=O)Nc1cc2c(cc1Oc1ccc(F)cc1F)C(=O)CC2c1ccccc1. The largest absolute Gasteiger partial charge is 0.452 e. The predicted octanol–water partition coefficient (Wildman–Crippen LogP) is 5.43. The molecule has 0 fully saturated rings. The lowest BCUT2D eigenvalue weighted by Gasteiger charge is -2.16. The Labute approximate surface area is 166 Å². The fourth-order valence-corrected chi connectivity index (χ4v) is 3.56. The van der Waals surface area contributed by atoms with Crippen LogP contribution in [0, 0.1) is 11.6 Å². The van der Waals surface area contributed by atoms with E-state index in [4.69, 9.17) is 4.74 Å². The summed E-state index contributed by atoms with van der Waals surface area (Å²) in [6, 6.07) is 15.7. The molecular formula is C23H17F2NO3. The Morgan fingerprint density at radius 3 is 2.48 bits per heavy atom. The molecule has 3 aromatic rings. The molecule has 1 unspecified atom stereocenters. The Balaban J connectivity index is 1.79. The minimum atomic E-state index is -0.882. The van der Waals surface area contributed by atoms with Crippen LogP contribution < -0.4 is 10.1 Å². The zero-order chi connectivity index (χ0) is 20.5. The quantitative estimate of drug-likeness (QED) is 0.643. The maximum atomic E-state index is 14.0. The van der Waals surface area contributed by atoms with E-state index in [-0.39, 0.29) is 29.1 Å². The van der Waals surface area contributed by atoms with Gasteiger partial charge in [-0.25, -0.2) is 8.78 Å². The molecule has 6 heteroatoms. The Hall–Kier alpha value is -3.54. The first-order chi connectivity index (χ1) is 13.9. The van der Waals surface area contributed by atoms with Crippen LogP contribution in [0.4, 0.5) is 14.5 Å². The van der Waals surface area contributed by atoms with E-state index in [9.17, 15) is 18.4 Å². The number of rotatable bonds is 4. The minimum Gasteiger partial charge on any atom is -0.452 e. The molecule has 0 aliphatic heterocycles. The molecule has 1 amide bonds. The van der Waals surface area contributed by atoms with Crippen LogP contribution in [0.15, 0.2) is 60.7 Å². The number of carbonyl (C=O) groups excluding carboxylic acids is 2. The first kappa shape index (κ1) is 18.8. The number of nitrogens with one attached hydrogen (secondary N) is 1. The highest BCUT2D eigenvalue weighted by Gasteiger charge is 2.32. The van der Waals surface area contributed by atoms with E-state index in [0.29, 0.717) is 23.7 Å². The summed E-state index contributed by atoms with van der Waals surface area (Å²) in [5, 5.41) is 2.67. The van der Waals surface area contributed by atoms with E-state index >= 15 is 0 Å². The van der Waals surface area contributed by atoms with Gasteiger partial charge in [-0.1, -0.05) is 30.3 Å². The van der Waals surface area contributed by atoms with Gasteiger partial charge in [0.15, 0.2) is 23.1 Å². The molecule has 4 nitrogen and oxygen atoms in total. The summed E-state index contributed by atoms with van der Waals surface area (Å²) in [5.74, 6) is -2.24. The maximum absolute atomic E-state index is 14.0. The molecule has 29 heavy (non-hydrogen) atoms. The lowest BCUT2D eigenvalue weighted by molar-refractivity contribution is -0.114. The van der Waals surface area contributed by atoms with Gasteiger partial charge < -0.3 is 10.1 Å². The fraction of sp³-hybridized carbons (Fsp3) is 0.130. The van der Waals surface area contributed by atoms with Crippen LogP contribution in [0.5, 0.6) is 11.5 Å². The standard InChI is InChI=1S/C23H17F2NO3/c1-13(27)26-20-10-17-16(14-5-3-2-4-6-14)11-21(28)18(17)12-23(20)29-22-8-7-15(24)9-19(22)25/h2-10,12,16H,11H2,1H3,(H,26,27). The molecule has 3 aromatic carbocycles. The summed E-state index contributed by atoms with van der Waals surface area (Å²) in [5.41, 5.74) is 2.55. The lowest BCUT2D eigenvalue weighted by Crippen LogP contribution is -2.08. The van der Waals surface area contributed by atoms with Crippen molar-refractivity contribution in [2.45, 2.75) is 19.3 Å². The average Bonchev–Trinajstić information content (AvgIpc) is 3.00. The Morgan fingerprint density at radius 1 is 1.03 bits per heavy atom. The number of halogens is 2. The zero-order valence-electron chi connectivity index (χ0n) is 15.5. The number of benzene rings is 3. The molecule has 1 atom stereocenters. The first-order valence-corrected chi connectivity index (χ1v) is 9.09. The van der Waals surface area contributed by atoms with Gasteiger partial charge in [-0.15, -0.1) is 0 Å². The minimum absolute atomic E-state index is 0.0624. The second-order valence-corrected chi connectivity index (χ2v) is 6.88. The van der Waals surface area contributed by atoms with Gasteiger partial charge in [0.1, 0.15) is 5.82 Å². The number of ketones is 1. The molecule has 0 saturated heterocycles. The van der Waals surface area contributed by atoms with Crippen LogP contribution in [0.1, 0.15) is 40.7 Å². The summed E-state index contributed by atoms with van der Waals surface area (Å²) in [6.07, 6.45) is 0.299. The molecule has 0 heterocycles. The molecule has 0 bridgehead atoms. The number of hydrogen-bond donors (Lipinski definition) is 1. The molecule has 0 saturated carbocycles. The highest BCUT2D eigenvalue weighted by Crippen LogP contribution is 2.43. The maximum Gasteiger partial charge on any atom is 0.221 e. The summed E-state index contributed by atoms with van der Waals surface area (Å²) in [7, 11) is 0. The van der Waals surface area contributed by atoms with Crippen molar-refractivity contribution in [3.05, 3.63) is 89.0 Å². The monoisotopic (exact) mass is 393 g/mol. The van der Waals surface area contributed by atoms with Gasteiger partial charge in [-0.05, 0) is 35.4 Å². The van der Waals surface area contributed by atoms with Crippen LogP contribution in [-0.2, 0) is 4.79 Å². The van der Waals surface area contributed by atoms with E-state index < -0.39 is 11.6 Å². The van der Waals surface area contributed by atoms with Crippen molar-refractivity contribution >= 4 is 17.4 Å². The summed E-state index contributed by atoms with van der Waals surface area (Å²) in [4.78, 5) is 24.3. The molecule has 4 rings (SSSR count). The molecule has 0 radical (unpaired) electrons. The first-order valence-electron chi connectivity index (χ1n) is 9.09. The van der Waals surface area contributed by atoms with Crippen LogP contribution >= 0.6 is 0 Å². The van der Waals surface area contributed by atoms with Crippen LogP contribution in [0.2, 0.25) is 0 Å². The summed E-state index contributed by atoms with van der Waals surface area (Å²) >= 11 is 0. The molecule has 146 valence electrons. The Bertz CT molecular complexity index is 1110. The highest BCUT2D eigenvalue weighted by molar-refractivity contribution is 6.04. The van der Waals surface area contributed by atoms with Gasteiger partial charge in [-0.2, -0.15) is 0 Å². The van der Waals surface area contributed by atoms with Crippen LogP contribution in [0.3, 0.4) is 0 Å². The van der Waals surface area contributed by atoms with Crippen LogP contribution in [-0.4, -0.2) is 11.7 Å². The third-order valence-electron chi connectivity index (χ3n) is 4.84. The van der Waals surface area contributed by atoms with Gasteiger partial charge >= 0.3 is 0 Å².